The maximum Gasteiger partial charge on any atom is 0.124 e. The van der Waals surface area contributed by atoms with E-state index in [0.29, 0.717) is 0 Å². The van der Waals surface area contributed by atoms with Crippen molar-refractivity contribution in [1.29, 1.82) is 0 Å². The first-order valence-corrected chi connectivity index (χ1v) is 10.4. The van der Waals surface area contributed by atoms with E-state index in [4.69, 9.17) is 16.6 Å². The second-order valence-corrected chi connectivity index (χ2v) is 8.37. The normalized spacial score (nSPS) is 11.8. The van der Waals surface area contributed by atoms with Gasteiger partial charge in [-0.3, -0.25) is 0 Å². The van der Waals surface area contributed by atoms with Gasteiger partial charge in [0.1, 0.15) is 5.01 Å². The SMILES string of the molecule is Clc1cc2ccc3ccc4nc(-c5ccccc5)sc4c3c2c2ccccc12. The molecule has 6 rings (SSSR count). The highest BCUT2D eigenvalue weighted by Crippen LogP contribution is 2.42. The van der Waals surface area contributed by atoms with E-state index in [1.807, 2.05) is 12.1 Å². The first kappa shape index (κ1) is 16.1. The van der Waals surface area contributed by atoms with Gasteiger partial charge >= 0.3 is 0 Å². The van der Waals surface area contributed by atoms with Crippen LogP contribution in [0.5, 0.6) is 0 Å². The van der Waals surface area contributed by atoms with Gasteiger partial charge in [0.25, 0.3) is 0 Å². The molecule has 6 aromatic rings. The number of fused-ring (bicyclic) bond motifs is 7. The van der Waals surface area contributed by atoms with E-state index in [-0.39, 0.29) is 0 Å². The summed E-state index contributed by atoms with van der Waals surface area (Å²) in [4.78, 5) is 4.93. The molecule has 0 saturated carbocycles. The van der Waals surface area contributed by atoms with E-state index in [0.717, 1.165) is 26.5 Å². The zero-order chi connectivity index (χ0) is 18.7. The highest BCUT2D eigenvalue weighted by Gasteiger charge is 2.14. The smallest absolute Gasteiger partial charge is 0.124 e. The molecule has 5 aromatic carbocycles. The summed E-state index contributed by atoms with van der Waals surface area (Å²) in [6, 6.07) is 29.5. The van der Waals surface area contributed by atoms with Crippen LogP contribution in [0.4, 0.5) is 0 Å². The molecule has 0 fully saturated rings. The Balaban J connectivity index is 1.82. The highest BCUT2D eigenvalue weighted by atomic mass is 35.5. The summed E-state index contributed by atoms with van der Waals surface area (Å²) in [6.45, 7) is 0. The van der Waals surface area contributed by atoms with Crippen LogP contribution in [-0.4, -0.2) is 4.98 Å². The topological polar surface area (TPSA) is 12.9 Å². The Morgan fingerprint density at radius 1 is 0.679 bits per heavy atom. The van der Waals surface area contributed by atoms with Gasteiger partial charge in [-0.15, -0.1) is 11.3 Å². The number of halogens is 1. The first-order valence-electron chi connectivity index (χ1n) is 9.18. The Bertz CT molecular complexity index is 1520. The van der Waals surface area contributed by atoms with Crippen molar-refractivity contribution in [1.82, 2.24) is 4.98 Å². The van der Waals surface area contributed by atoms with Gasteiger partial charge < -0.3 is 0 Å². The van der Waals surface area contributed by atoms with E-state index < -0.39 is 0 Å². The minimum Gasteiger partial charge on any atom is -0.236 e. The van der Waals surface area contributed by atoms with E-state index in [2.05, 4.69) is 72.8 Å². The Hall–Kier alpha value is -2.94. The number of thiazole rings is 1. The lowest BCUT2D eigenvalue weighted by atomic mass is 9.96. The maximum absolute atomic E-state index is 6.58. The fraction of sp³-hybridized carbons (Fsp3) is 0. The van der Waals surface area contributed by atoms with Crippen molar-refractivity contribution in [2.45, 2.75) is 0 Å². The molecule has 0 atom stereocenters. The van der Waals surface area contributed by atoms with Crippen molar-refractivity contribution in [3.63, 3.8) is 0 Å². The van der Waals surface area contributed by atoms with Gasteiger partial charge in [0.2, 0.25) is 0 Å². The quantitative estimate of drug-likeness (QED) is 0.256. The number of rotatable bonds is 1. The van der Waals surface area contributed by atoms with E-state index in [1.165, 1.54) is 31.6 Å². The highest BCUT2D eigenvalue weighted by molar-refractivity contribution is 7.22. The molecule has 0 saturated heterocycles. The Morgan fingerprint density at radius 3 is 2.25 bits per heavy atom. The fourth-order valence-corrected chi connectivity index (χ4v) is 5.46. The van der Waals surface area contributed by atoms with Gasteiger partial charge in [-0.1, -0.05) is 84.4 Å². The summed E-state index contributed by atoms with van der Waals surface area (Å²) in [5.74, 6) is 0. The fourth-order valence-electron chi connectivity index (χ4n) is 4.05. The van der Waals surface area contributed by atoms with Crippen LogP contribution in [0.1, 0.15) is 0 Å². The Kier molecular flexibility index (Phi) is 3.46. The molecule has 0 radical (unpaired) electrons. The monoisotopic (exact) mass is 395 g/mol. The molecule has 0 aliphatic rings. The van der Waals surface area contributed by atoms with Crippen molar-refractivity contribution in [2.24, 2.45) is 0 Å². The molecule has 1 heterocycles. The summed E-state index contributed by atoms with van der Waals surface area (Å²) >= 11 is 8.34. The Morgan fingerprint density at radius 2 is 1.39 bits per heavy atom. The number of benzene rings is 5. The maximum atomic E-state index is 6.58. The molecule has 132 valence electrons. The second-order valence-electron chi connectivity index (χ2n) is 6.96. The standard InChI is InChI=1S/C25H14ClNS/c26-20-14-17-11-10-15-12-13-21-24(28-25(27-21)16-6-2-1-3-7-16)23(15)22(17)19-9-5-4-8-18(19)20/h1-14H. The second kappa shape index (κ2) is 6.03. The molecule has 0 aliphatic carbocycles. The molecule has 0 amide bonds. The van der Waals surface area contributed by atoms with Crippen LogP contribution in [0.2, 0.25) is 5.02 Å². The minimum atomic E-state index is 0.795. The van der Waals surface area contributed by atoms with Crippen LogP contribution >= 0.6 is 22.9 Å². The van der Waals surface area contributed by atoms with E-state index in [1.54, 1.807) is 11.3 Å². The van der Waals surface area contributed by atoms with Crippen LogP contribution in [0.25, 0.3) is 53.1 Å². The predicted octanol–water partition coefficient (Wildman–Crippen LogP) is 8.08. The third kappa shape index (κ3) is 2.29. The number of nitrogens with zero attached hydrogens (tertiary/aromatic N) is 1. The lowest BCUT2D eigenvalue weighted by molar-refractivity contribution is 1.48. The molecule has 1 nitrogen and oxygen atoms in total. The average molecular weight is 396 g/mol. The summed E-state index contributed by atoms with van der Waals surface area (Å²) in [5, 5.41) is 9.05. The van der Waals surface area contributed by atoms with Crippen LogP contribution in [-0.2, 0) is 0 Å². The first-order chi connectivity index (χ1) is 13.8. The van der Waals surface area contributed by atoms with Crippen molar-refractivity contribution in [2.75, 3.05) is 0 Å². The van der Waals surface area contributed by atoms with E-state index >= 15 is 0 Å². The lowest BCUT2D eigenvalue weighted by Gasteiger charge is -2.10. The summed E-state index contributed by atoms with van der Waals surface area (Å²) in [5.41, 5.74) is 2.20. The van der Waals surface area contributed by atoms with Gasteiger partial charge in [0.15, 0.2) is 0 Å². The summed E-state index contributed by atoms with van der Waals surface area (Å²) < 4.78 is 1.23. The molecule has 1 aromatic heterocycles. The predicted molar refractivity (Wildman–Crippen MR) is 123 cm³/mol. The zero-order valence-corrected chi connectivity index (χ0v) is 16.4. The summed E-state index contributed by atoms with van der Waals surface area (Å²) in [7, 11) is 0. The molecule has 0 unspecified atom stereocenters. The average Bonchev–Trinajstić information content (AvgIpc) is 3.19. The van der Waals surface area contributed by atoms with Crippen LogP contribution < -0.4 is 0 Å². The van der Waals surface area contributed by atoms with Gasteiger partial charge in [-0.25, -0.2) is 4.98 Å². The third-order valence-electron chi connectivity index (χ3n) is 5.33. The Labute approximate surface area is 170 Å². The minimum absolute atomic E-state index is 0.795. The van der Waals surface area contributed by atoms with Crippen molar-refractivity contribution >= 4 is 65.5 Å². The molecular weight excluding hydrogens is 382 g/mol. The largest absolute Gasteiger partial charge is 0.236 e. The molecular formula is C25H14ClNS. The van der Waals surface area contributed by atoms with Gasteiger partial charge in [0, 0.05) is 21.4 Å². The van der Waals surface area contributed by atoms with Crippen LogP contribution in [0.15, 0.2) is 84.9 Å². The molecule has 0 aliphatic heterocycles. The van der Waals surface area contributed by atoms with Crippen LogP contribution in [0.3, 0.4) is 0 Å². The molecule has 0 bridgehead atoms. The number of hydrogen-bond donors (Lipinski definition) is 0. The lowest BCUT2D eigenvalue weighted by Crippen LogP contribution is -1.83. The zero-order valence-electron chi connectivity index (χ0n) is 14.8. The number of hydrogen-bond acceptors (Lipinski definition) is 2. The molecule has 3 heteroatoms. The van der Waals surface area contributed by atoms with Gasteiger partial charge in [-0.05, 0) is 33.7 Å². The summed E-state index contributed by atoms with van der Waals surface area (Å²) in [6.07, 6.45) is 0. The van der Waals surface area contributed by atoms with Crippen molar-refractivity contribution in [3.05, 3.63) is 90.0 Å². The van der Waals surface area contributed by atoms with Crippen LogP contribution in [0, 0.1) is 0 Å². The third-order valence-corrected chi connectivity index (χ3v) is 6.78. The molecule has 28 heavy (non-hydrogen) atoms. The van der Waals surface area contributed by atoms with Gasteiger partial charge in [-0.2, -0.15) is 0 Å². The van der Waals surface area contributed by atoms with E-state index in [9.17, 15) is 0 Å². The van der Waals surface area contributed by atoms with Crippen molar-refractivity contribution < 1.29 is 0 Å². The molecule has 0 spiro atoms. The van der Waals surface area contributed by atoms with Gasteiger partial charge in [0.05, 0.1) is 10.2 Å². The molecule has 0 N–H and O–H groups in total. The number of aromatic nitrogens is 1. The van der Waals surface area contributed by atoms with Crippen molar-refractivity contribution in [3.8, 4) is 10.6 Å².